The number of aliphatic carboxylic acids is 1. The quantitative estimate of drug-likeness (QED) is 0.286. The van der Waals surface area contributed by atoms with Crippen LogP contribution in [-0.4, -0.2) is 40.4 Å². The zero-order valence-electron chi connectivity index (χ0n) is 18.7. The molecule has 0 fully saturated rings. The van der Waals surface area contributed by atoms with Crippen LogP contribution < -0.4 is 9.47 Å². The van der Waals surface area contributed by atoms with E-state index in [-0.39, 0.29) is 29.2 Å². The van der Waals surface area contributed by atoms with Crippen LogP contribution in [0.2, 0.25) is 0 Å². The van der Waals surface area contributed by atoms with E-state index in [0.717, 1.165) is 0 Å². The average Bonchev–Trinajstić information content (AvgIpc) is 2.73. The predicted molar refractivity (Wildman–Crippen MR) is 126 cm³/mol. The van der Waals surface area contributed by atoms with Gasteiger partial charge in [0.1, 0.15) is 5.75 Å². The lowest BCUT2D eigenvalue weighted by atomic mass is 10.1. The molecule has 0 radical (unpaired) electrons. The number of esters is 2. The van der Waals surface area contributed by atoms with E-state index < -0.39 is 35.8 Å². The van der Waals surface area contributed by atoms with Crippen LogP contribution in [0.15, 0.2) is 45.9 Å². The molecule has 2 aromatic rings. The molecule has 9 heteroatoms. The number of halogens is 1. The third-order valence-electron chi connectivity index (χ3n) is 4.45. The molecule has 0 aliphatic carbocycles. The average molecular weight is 520 g/mol. The number of carboxylic acid groups (broad SMARTS) is 1. The molecule has 0 aliphatic heterocycles. The second-order valence-corrected chi connectivity index (χ2v) is 8.89. The number of aliphatic imine (C=N–C) groups is 1. The van der Waals surface area contributed by atoms with Crippen molar-refractivity contribution in [1.29, 1.82) is 0 Å². The Bertz CT molecular complexity index is 1050. The Morgan fingerprint density at radius 2 is 1.58 bits per heavy atom. The molecule has 1 unspecified atom stereocenters. The highest BCUT2D eigenvalue weighted by atomic mass is 79.9. The first-order valence-electron chi connectivity index (χ1n) is 10.3. The van der Waals surface area contributed by atoms with Crippen molar-refractivity contribution in [2.24, 2.45) is 16.8 Å². The van der Waals surface area contributed by atoms with Gasteiger partial charge in [0.15, 0.2) is 17.5 Å². The molecule has 2 rings (SSSR count). The van der Waals surface area contributed by atoms with Gasteiger partial charge in [-0.3, -0.25) is 14.6 Å². The molecule has 2 aromatic carbocycles. The lowest BCUT2D eigenvalue weighted by molar-refractivity contribution is -0.140. The van der Waals surface area contributed by atoms with Crippen molar-refractivity contribution in [2.75, 3.05) is 0 Å². The van der Waals surface area contributed by atoms with Gasteiger partial charge in [-0.25, -0.2) is 4.79 Å². The molecule has 0 heterocycles. The summed E-state index contributed by atoms with van der Waals surface area (Å²) in [5.74, 6) is -3.02. The van der Waals surface area contributed by atoms with Crippen molar-refractivity contribution in [3.8, 4) is 17.2 Å². The molecular formula is C24H26BrNO7. The number of phenols is 1. The van der Waals surface area contributed by atoms with Gasteiger partial charge in [-0.15, -0.1) is 0 Å². The number of aromatic hydroxyl groups is 1. The standard InChI is InChI=1S/C24H26BrNO7/c1-13(2)23(30)32-20-11-17(25)10-16(21(20)33-24(31)14(3)4)12-26-19(22(28)29)9-15-5-7-18(27)8-6-15/h5-8,10-14,19,27H,9H2,1-4H3,(H,28,29). The van der Waals surface area contributed by atoms with E-state index in [1.807, 2.05) is 0 Å². The van der Waals surface area contributed by atoms with Crippen molar-refractivity contribution in [3.05, 3.63) is 52.0 Å². The van der Waals surface area contributed by atoms with Crippen molar-refractivity contribution < 1.29 is 34.1 Å². The topological polar surface area (TPSA) is 122 Å². The Labute approximate surface area is 200 Å². The fraction of sp³-hybridized carbons (Fsp3) is 0.333. The molecule has 2 N–H and O–H groups in total. The molecule has 0 bridgehead atoms. The van der Waals surface area contributed by atoms with Gasteiger partial charge in [0.2, 0.25) is 0 Å². The summed E-state index contributed by atoms with van der Waals surface area (Å²) in [7, 11) is 0. The molecule has 0 aromatic heterocycles. The van der Waals surface area contributed by atoms with E-state index >= 15 is 0 Å². The van der Waals surface area contributed by atoms with E-state index in [4.69, 9.17) is 9.47 Å². The first-order chi connectivity index (χ1) is 15.5. The summed E-state index contributed by atoms with van der Waals surface area (Å²) in [5, 5.41) is 19.0. The van der Waals surface area contributed by atoms with Crippen molar-refractivity contribution in [3.63, 3.8) is 0 Å². The number of carbonyl (C=O) groups is 3. The Kier molecular flexibility index (Phi) is 9.16. The third kappa shape index (κ3) is 7.71. The number of phenolic OH excluding ortho intramolecular Hbond substituents is 1. The lowest BCUT2D eigenvalue weighted by Gasteiger charge is -2.16. The van der Waals surface area contributed by atoms with Gasteiger partial charge in [0.25, 0.3) is 0 Å². The highest BCUT2D eigenvalue weighted by Crippen LogP contribution is 2.35. The van der Waals surface area contributed by atoms with Gasteiger partial charge in [-0.2, -0.15) is 0 Å². The maximum Gasteiger partial charge on any atom is 0.328 e. The summed E-state index contributed by atoms with van der Waals surface area (Å²) in [5.41, 5.74) is 0.937. The van der Waals surface area contributed by atoms with Crippen molar-refractivity contribution in [1.82, 2.24) is 0 Å². The van der Waals surface area contributed by atoms with Crippen molar-refractivity contribution >= 4 is 40.1 Å². The first kappa shape index (κ1) is 26.1. The second kappa shape index (κ2) is 11.6. The number of carbonyl (C=O) groups excluding carboxylic acids is 2. The number of ether oxygens (including phenoxy) is 2. The van der Waals surface area contributed by atoms with Crippen LogP contribution in [0.1, 0.15) is 38.8 Å². The lowest BCUT2D eigenvalue weighted by Crippen LogP contribution is -2.21. The van der Waals surface area contributed by atoms with E-state index in [1.54, 1.807) is 45.9 Å². The summed E-state index contributed by atoms with van der Waals surface area (Å²) in [6.07, 6.45) is 1.36. The number of nitrogens with zero attached hydrogens (tertiary/aromatic N) is 1. The number of hydrogen-bond donors (Lipinski definition) is 2. The minimum absolute atomic E-state index is 0.0175. The zero-order chi connectivity index (χ0) is 24.7. The van der Waals surface area contributed by atoms with Crippen LogP contribution in [0.25, 0.3) is 0 Å². The highest BCUT2D eigenvalue weighted by Gasteiger charge is 2.22. The highest BCUT2D eigenvalue weighted by molar-refractivity contribution is 9.10. The van der Waals surface area contributed by atoms with Gasteiger partial charge in [0, 0.05) is 22.7 Å². The summed E-state index contributed by atoms with van der Waals surface area (Å²) >= 11 is 3.33. The van der Waals surface area contributed by atoms with E-state index in [0.29, 0.717) is 10.0 Å². The molecule has 1 atom stereocenters. The number of benzene rings is 2. The minimum atomic E-state index is -1.15. The Morgan fingerprint density at radius 3 is 2.12 bits per heavy atom. The fourth-order valence-corrected chi connectivity index (χ4v) is 3.00. The largest absolute Gasteiger partial charge is 0.508 e. The van der Waals surface area contributed by atoms with Crippen LogP contribution in [-0.2, 0) is 20.8 Å². The molecule has 8 nitrogen and oxygen atoms in total. The molecule has 0 saturated heterocycles. The number of hydrogen-bond acceptors (Lipinski definition) is 7. The molecule has 176 valence electrons. The minimum Gasteiger partial charge on any atom is -0.508 e. The first-order valence-corrected chi connectivity index (χ1v) is 11.1. The number of carboxylic acids is 1. The normalized spacial score (nSPS) is 12.2. The Morgan fingerprint density at radius 1 is 1.00 bits per heavy atom. The number of rotatable bonds is 9. The van der Waals surface area contributed by atoms with Crippen LogP contribution in [0.5, 0.6) is 17.2 Å². The van der Waals surface area contributed by atoms with E-state index in [2.05, 4.69) is 20.9 Å². The van der Waals surface area contributed by atoms with Gasteiger partial charge in [-0.05, 0) is 29.8 Å². The Balaban J connectivity index is 2.46. The molecule has 33 heavy (non-hydrogen) atoms. The second-order valence-electron chi connectivity index (χ2n) is 7.98. The SMILES string of the molecule is CC(C)C(=O)Oc1cc(Br)cc(C=NC(Cc2ccc(O)cc2)C(=O)O)c1OC(=O)C(C)C. The summed E-state index contributed by atoms with van der Waals surface area (Å²) in [4.78, 5) is 40.4. The molecular weight excluding hydrogens is 494 g/mol. The Hall–Kier alpha value is -3.20. The van der Waals surface area contributed by atoms with Gasteiger partial charge in [0.05, 0.1) is 11.8 Å². The molecule has 0 aliphatic rings. The maximum absolute atomic E-state index is 12.3. The van der Waals surface area contributed by atoms with Gasteiger partial charge >= 0.3 is 17.9 Å². The summed E-state index contributed by atoms with van der Waals surface area (Å²) in [6, 6.07) is 8.09. The predicted octanol–water partition coefficient (Wildman–Crippen LogP) is 4.39. The third-order valence-corrected chi connectivity index (χ3v) is 4.91. The van der Waals surface area contributed by atoms with Crippen LogP contribution in [0.4, 0.5) is 0 Å². The van der Waals surface area contributed by atoms with Crippen molar-refractivity contribution in [2.45, 2.75) is 40.2 Å². The molecule has 0 spiro atoms. The van der Waals surface area contributed by atoms with Crippen LogP contribution in [0.3, 0.4) is 0 Å². The zero-order valence-corrected chi connectivity index (χ0v) is 20.3. The smallest absolute Gasteiger partial charge is 0.328 e. The van der Waals surface area contributed by atoms with Gasteiger partial charge in [-0.1, -0.05) is 55.8 Å². The summed E-state index contributed by atoms with van der Waals surface area (Å²) < 4.78 is 11.4. The van der Waals surface area contributed by atoms with E-state index in [9.17, 15) is 24.6 Å². The maximum atomic E-state index is 12.3. The van der Waals surface area contributed by atoms with E-state index in [1.165, 1.54) is 24.4 Å². The monoisotopic (exact) mass is 519 g/mol. The van der Waals surface area contributed by atoms with Gasteiger partial charge < -0.3 is 19.7 Å². The fourth-order valence-electron chi connectivity index (χ4n) is 2.54. The molecule has 0 saturated carbocycles. The summed E-state index contributed by atoms with van der Waals surface area (Å²) in [6.45, 7) is 6.66. The molecule has 0 amide bonds. The van der Waals surface area contributed by atoms with Crippen LogP contribution in [0, 0.1) is 11.8 Å². The van der Waals surface area contributed by atoms with Crippen LogP contribution >= 0.6 is 15.9 Å².